The number of anilines is 2. The maximum absolute atomic E-state index is 4.15. The predicted molar refractivity (Wildman–Crippen MR) is 329 cm³/mol. The highest BCUT2D eigenvalue weighted by molar-refractivity contribution is 7.26. The van der Waals surface area contributed by atoms with Crippen molar-refractivity contribution in [3.05, 3.63) is 173 Å². The number of thiophene rings is 2. The fourth-order valence-electron chi connectivity index (χ4n) is 13.7. The Labute approximate surface area is 452 Å². The van der Waals surface area contributed by atoms with Crippen molar-refractivity contribution < 1.29 is 0 Å². The highest BCUT2D eigenvalue weighted by Crippen LogP contribution is 2.55. The van der Waals surface area contributed by atoms with Gasteiger partial charge in [0.25, 0.3) is 0 Å². The molecule has 3 aliphatic rings. The Morgan fingerprint density at radius 1 is 0.520 bits per heavy atom. The number of aromatic nitrogens is 1. The number of nitrogens with one attached hydrogen (secondary N) is 1. The van der Waals surface area contributed by atoms with Gasteiger partial charge in [0, 0.05) is 79.6 Å². The molecular formula is C70H66BN2S2. The third-order valence-electron chi connectivity index (χ3n) is 18.3. The first-order chi connectivity index (χ1) is 35.8. The minimum Gasteiger partial charge on any atom is -0.355 e. The van der Waals surface area contributed by atoms with E-state index in [4.69, 9.17) is 0 Å². The molecule has 0 saturated carbocycles. The Morgan fingerprint density at radius 2 is 1.11 bits per heavy atom. The van der Waals surface area contributed by atoms with Crippen molar-refractivity contribution in [1.82, 2.24) is 4.57 Å². The maximum Gasteiger partial charge on any atom is 0.198 e. The largest absolute Gasteiger partial charge is 0.355 e. The van der Waals surface area contributed by atoms with Crippen molar-refractivity contribution >= 4 is 104 Å². The lowest BCUT2D eigenvalue weighted by Gasteiger charge is -2.42. The molecule has 75 heavy (non-hydrogen) atoms. The Bertz CT molecular complexity index is 4190. The summed E-state index contributed by atoms with van der Waals surface area (Å²) >= 11 is 3.92. The van der Waals surface area contributed by atoms with Gasteiger partial charge in [0.15, 0.2) is 7.28 Å². The summed E-state index contributed by atoms with van der Waals surface area (Å²) in [5, 5.41) is 10.9. The van der Waals surface area contributed by atoms with Crippen LogP contribution in [-0.4, -0.2) is 11.8 Å². The zero-order chi connectivity index (χ0) is 51.7. The number of hydrogen-bond donors (Lipinski definition) is 1. The summed E-state index contributed by atoms with van der Waals surface area (Å²) in [5.74, 6) is 0. The van der Waals surface area contributed by atoms with E-state index in [2.05, 4.69) is 239 Å². The van der Waals surface area contributed by atoms with Gasteiger partial charge in [0.05, 0.1) is 5.52 Å². The highest BCUT2D eigenvalue weighted by atomic mass is 32.1. The topological polar surface area (TPSA) is 17.0 Å². The average Bonchev–Trinajstić information content (AvgIpc) is 4.11. The van der Waals surface area contributed by atoms with E-state index in [1.807, 2.05) is 22.7 Å². The van der Waals surface area contributed by atoms with Crippen LogP contribution in [0.3, 0.4) is 0 Å². The highest BCUT2D eigenvalue weighted by Gasteiger charge is 2.41. The molecule has 0 spiro atoms. The van der Waals surface area contributed by atoms with E-state index in [1.165, 1.54) is 141 Å². The number of rotatable bonds is 5. The molecule has 0 bridgehead atoms. The van der Waals surface area contributed by atoms with E-state index in [9.17, 15) is 0 Å². The SMILES string of the molecule is CC(C)(C)c1ccc(Nc2cc3c(cc2-c2c4c5c(c6cc7c(cc6n5-c5cc6c(-c8ccccc8)c(-c8ccccc8)sc6cc5[B]4)C(C)(C)CCC7(C)C)c4c2sc2ccccc24)C(C)(C)CCC3(C)C)cc1. The standard InChI is InChI=1S/C70H66BN2S2/c1-66(2,3)42-26-28-43(29-27-42)72-53-37-50-48(67(4,5)30-32-69(50,8)9)34-45(53)61-62-63-59(60-44-24-18-19-25-56(44)74-65(60)61)46-35-49-51(70(10,11)33-31-68(49,6)7)38-54(46)73(63)55-36-47-57(39-52(55)71-62)75-64(41-22-16-13-17-23-41)58(47)40-20-14-12-15-21-40/h12-29,34-39,72H,30-33H2,1-11H3. The first kappa shape index (κ1) is 47.1. The molecule has 0 fully saturated rings. The van der Waals surface area contributed by atoms with Crippen LogP contribution in [-0.2, 0) is 27.1 Å². The molecule has 0 unspecified atom stereocenters. The van der Waals surface area contributed by atoms with Crippen LogP contribution in [0.15, 0.2) is 146 Å². The molecule has 371 valence electrons. The summed E-state index contributed by atoms with van der Waals surface area (Å²) < 4.78 is 6.74. The van der Waals surface area contributed by atoms with E-state index in [0.29, 0.717) is 0 Å². The summed E-state index contributed by atoms with van der Waals surface area (Å²) in [6.07, 6.45) is 4.63. The second-order valence-corrected chi connectivity index (χ2v) is 28.2. The molecular weight excluding hydrogens is 944 g/mol. The van der Waals surface area contributed by atoms with Gasteiger partial charge < -0.3 is 9.88 Å². The lowest BCUT2D eigenvalue weighted by Crippen LogP contribution is -2.37. The van der Waals surface area contributed by atoms with Crippen LogP contribution in [0.1, 0.15) is 130 Å². The summed E-state index contributed by atoms with van der Waals surface area (Å²) in [5.41, 5.74) is 22.6. The molecule has 3 aromatic heterocycles. The molecule has 14 rings (SSSR count). The fourth-order valence-corrected chi connectivity index (χ4v) is 16.2. The van der Waals surface area contributed by atoms with Crippen molar-refractivity contribution in [2.75, 3.05) is 5.32 Å². The van der Waals surface area contributed by atoms with Gasteiger partial charge in [0.2, 0.25) is 0 Å². The summed E-state index contributed by atoms with van der Waals surface area (Å²) in [6.45, 7) is 26.7. The minimum atomic E-state index is 0.00862. The van der Waals surface area contributed by atoms with E-state index in [-0.39, 0.29) is 27.1 Å². The summed E-state index contributed by atoms with van der Waals surface area (Å²) in [4.78, 5) is 1.32. The van der Waals surface area contributed by atoms with Gasteiger partial charge in [-0.15, -0.1) is 22.7 Å². The van der Waals surface area contributed by atoms with E-state index in [1.54, 1.807) is 0 Å². The second-order valence-electron chi connectivity index (χ2n) is 26.1. The maximum atomic E-state index is 4.15. The number of hydrogen-bond acceptors (Lipinski definition) is 3. The van der Waals surface area contributed by atoms with E-state index >= 15 is 0 Å². The van der Waals surface area contributed by atoms with Crippen molar-refractivity contribution in [1.29, 1.82) is 0 Å². The number of benzene rings is 8. The fraction of sp³-hybridized carbons (Fsp3) is 0.286. The first-order valence-electron chi connectivity index (χ1n) is 27.4. The Hall–Kier alpha value is -6.40. The van der Waals surface area contributed by atoms with Crippen LogP contribution in [0.25, 0.3) is 90.4 Å². The van der Waals surface area contributed by atoms with Crippen LogP contribution < -0.4 is 16.2 Å². The smallest absolute Gasteiger partial charge is 0.198 e. The van der Waals surface area contributed by atoms with Gasteiger partial charge in [-0.05, 0) is 157 Å². The van der Waals surface area contributed by atoms with Crippen LogP contribution in [0.4, 0.5) is 11.4 Å². The molecule has 11 aromatic rings. The molecule has 8 aromatic carbocycles. The molecule has 0 amide bonds. The quantitative estimate of drug-likeness (QED) is 0.170. The average molecular weight is 1010 g/mol. The Balaban J connectivity index is 1.16. The third-order valence-corrected chi connectivity index (χ3v) is 20.7. The van der Waals surface area contributed by atoms with Crippen LogP contribution in [0.5, 0.6) is 0 Å². The molecule has 1 radical (unpaired) electrons. The molecule has 1 N–H and O–H groups in total. The van der Waals surface area contributed by atoms with Gasteiger partial charge in [-0.2, -0.15) is 0 Å². The Morgan fingerprint density at radius 3 is 1.76 bits per heavy atom. The number of fused-ring (bicyclic) bond motifs is 12. The van der Waals surface area contributed by atoms with Crippen molar-refractivity contribution in [3.8, 4) is 38.4 Å². The van der Waals surface area contributed by atoms with Gasteiger partial charge in [-0.3, -0.25) is 0 Å². The number of nitrogens with zero attached hydrogens (tertiary/aromatic N) is 1. The monoisotopic (exact) mass is 1010 g/mol. The summed E-state index contributed by atoms with van der Waals surface area (Å²) in [7, 11) is 2.60. The van der Waals surface area contributed by atoms with Crippen LogP contribution >= 0.6 is 22.7 Å². The zero-order valence-corrected chi connectivity index (χ0v) is 47.2. The zero-order valence-electron chi connectivity index (χ0n) is 45.5. The minimum absolute atomic E-state index is 0.00862. The van der Waals surface area contributed by atoms with Gasteiger partial charge in [-0.25, -0.2) is 0 Å². The van der Waals surface area contributed by atoms with Gasteiger partial charge >= 0.3 is 0 Å². The van der Waals surface area contributed by atoms with Crippen LogP contribution in [0.2, 0.25) is 0 Å². The lowest BCUT2D eigenvalue weighted by molar-refractivity contribution is 0.332. The van der Waals surface area contributed by atoms with E-state index < -0.39 is 0 Å². The Kier molecular flexibility index (Phi) is 10.1. The molecule has 0 saturated heterocycles. The van der Waals surface area contributed by atoms with Crippen molar-refractivity contribution in [2.45, 2.75) is 129 Å². The first-order valence-corrected chi connectivity index (χ1v) is 29.0. The van der Waals surface area contributed by atoms with Crippen LogP contribution in [0, 0.1) is 0 Å². The van der Waals surface area contributed by atoms with Gasteiger partial charge in [-0.1, -0.05) is 173 Å². The molecule has 5 heteroatoms. The molecule has 4 heterocycles. The predicted octanol–water partition coefficient (Wildman–Crippen LogP) is 19.1. The van der Waals surface area contributed by atoms with E-state index in [0.717, 1.165) is 24.9 Å². The van der Waals surface area contributed by atoms with Crippen molar-refractivity contribution in [2.24, 2.45) is 0 Å². The normalized spacial score (nSPS) is 17.1. The molecule has 2 aliphatic carbocycles. The molecule has 0 atom stereocenters. The molecule has 2 nitrogen and oxygen atoms in total. The lowest BCUT2D eigenvalue weighted by atomic mass is 9.58. The molecule has 1 aliphatic heterocycles. The van der Waals surface area contributed by atoms with Gasteiger partial charge in [0.1, 0.15) is 0 Å². The third kappa shape index (κ3) is 7.09. The second kappa shape index (κ2) is 16.1. The van der Waals surface area contributed by atoms with Crippen molar-refractivity contribution in [3.63, 3.8) is 0 Å². The summed E-state index contributed by atoms with van der Waals surface area (Å²) in [6, 6.07) is 56.3.